The van der Waals surface area contributed by atoms with Crippen molar-refractivity contribution in [3.63, 3.8) is 0 Å². The van der Waals surface area contributed by atoms with Crippen LogP contribution in [-0.2, 0) is 9.47 Å². The lowest BCUT2D eigenvalue weighted by Gasteiger charge is -2.25. The molecule has 0 bridgehead atoms. The minimum absolute atomic E-state index is 0.714. The van der Waals surface area contributed by atoms with E-state index in [0.29, 0.717) is 13.2 Å². The molecule has 0 fully saturated rings. The van der Waals surface area contributed by atoms with Gasteiger partial charge in [-0.05, 0) is 89.1 Å². The molecule has 0 aliphatic rings. The average Bonchev–Trinajstić information content (AvgIpc) is 3.20. The number of nitrogens with zero attached hydrogens (tertiary/aromatic N) is 2. The standard InChI is InChI=1S/C52H104N2O2/c1-7-11-13-15-17-19-21-23-25-27-29-31-33-35-37-39-41-53(49-51(5)9-3)43-45-55-47-48-56-46-44-54(50-52(6)10-4)42-40-38-36-34-32-30-28-26-24-22-20-18-16-14-12-8-2/h23-26,51-52H,7-22,27-50H2,1-6H3/b25-23-,26-24?. The van der Waals surface area contributed by atoms with Gasteiger partial charge >= 0.3 is 0 Å². The van der Waals surface area contributed by atoms with Crippen molar-refractivity contribution in [1.29, 1.82) is 0 Å². The van der Waals surface area contributed by atoms with E-state index in [9.17, 15) is 0 Å². The van der Waals surface area contributed by atoms with Gasteiger partial charge in [-0.3, -0.25) is 0 Å². The van der Waals surface area contributed by atoms with Crippen molar-refractivity contribution >= 4 is 0 Å². The van der Waals surface area contributed by atoms with Crippen molar-refractivity contribution in [2.24, 2.45) is 11.8 Å². The minimum Gasteiger partial charge on any atom is -0.378 e. The highest BCUT2D eigenvalue weighted by molar-refractivity contribution is 4.82. The molecule has 0 aliphatic carbocycles. The van der Waals surface area contributed by atoms with E-state index >= 15 is 0 Å². The Morgan fingerprint density at radius 3 is 0.929 bits per heavy atom. The molecule has 4 heteroatoms. The summed E-state index contributed by atoms with van der Waals surface area (Å²) < 4.78 is 12.2. The predicted octanol–water partition coefficient (Wildman–Crippen LogP) is 15.8. The Morgan fingerprint density at radius 2 is 0.625 bits per heavy atom. The van der Waals surface area contributed by atoms with E-state index in [1.165, 1.54) is 219 Å². The number of rotatable bonds is 47. The molecular formula is C52H104N2O2. The van der Waals surface area contributed by atoms with Crippen LogP contribution in [0.4, 0.5) is 0 Å². The summed E-state index contributed by atoms with van der Waals surface area (Å²) in [4.78, 5) is 5.32. The maximum atomic E-state index is 6.08. The van der Waals surface area contributed by atoms with Crippen LogP contribution in [0.2, 0.25) is 0 Å². The van der Waals surface area contributed by atoms with Gasteiger partial charge in [0.25, 0.3) is 0 Å². The van der Waals surface area contributed by atoms with E-state index in [4.69, 9.17) is 9.47 Å². The summed E-state index contributed by atoms with van der Waals surface area (Å²) in [6.07, 6.45) is 50.7. The Morgan fingerprint density at radius 1 is 0.339 bits per heavy atom. The molecule has 2 atom stereocenters. The van der Waals surface area contributed by atoms with Crippen molar-refractivity contribution in [3.8, 4) is 0 Å². The molecule has 4 nitrogen and oxygen atoms in total. The summed E-state index contributed by atoms with van der Waals surface area (Å²) in [5.41, 5.74) is 0. The first-order valence-corrected chi connectivity index (χ1v) is 25.5. The van der Waals surface area contributed by atoms with Crippen LogP contribution in [0, 0.1) is 11.8 Å². The molecule has 0 spiro atoms. The quantitative estimate of drug-likeness (QED) is 0.0453. The largest absolute Gasteiger partial charge is 0.378 e. The summed E-state index contributed by atoms with van der Waals surface area (Å²) in [5.74, 6) is 1.50. The van der Waals surface area contributed by atoms with Crippen molar-refractivity contribution in [1.82, 2.24) is 9.80 Å². The van der Waals surface area contributed by atoms with E-state index in [2.05, 4.69) is 75.6 Å². The molecule has 0 N–H and O–H groups in total. The van der Waals surface area contributed by atoms with Crippen molar-refractivity contribution < 1.29 is 9.47 Å². The lowest BCUT2D eigenvalue weighted by Crippen LogP contribution is -2.33. The minimum atomic E-state index is 0.714. The lowest BCUT2D eigenvalue weighted by molar-refractivity contribution is 0.0285. The van der Waals surface area contributed by atoms with Gasteiger partial charge in [0.2, 0.25) is 0 Å². The maximum absolute atomic E-state index is 6.08. The number of allylic oxidation sites excluding steroid dienone is 4. The fourth-order valence-electron chi connectivity index (χ4n) is 7.60. The first-order valence-electron chi connectivity index (χ1n) is 25.5. The summed E-state index contributed by atoms with van der Waals surface area (Å²) in [6.45, 7) is 24.0. The molecule has 0 aromatic carbocycles. The van der Waals surface area contributed by atoms with Gasteiger partial charge in [-0.15, -0.1) is 0 Å². The molecule has 56 heavy (non-hydrogen) atoms. The van der Waals surface area contributed by atoms with Crippen LogP contribution in [0.15, 0.2) is 24.3 Å². The van der Waals surface area contributed by atoms with Crippen LogP contribution in [0.5, 0.6) is 0 Å². The summed E-state index contributed by atoms with van der Waals surface area (Å²) in [5, 5.41) is 0. The molecule has 0 aliphatic heterocycles. The van der Waals surface area contributed by atoms with Gasteiger partial charge in [0.15, 0.2) is 0 Å². The SMILES string of the molecule is CCCCCCCCC=CCCCCCCCCN(CCOCCOCCN(CCCCCCCC/C=C\CCCCCCCC)CC(C)CC)CC(C)CC. The van der Waals surface area contributed by atoms with Crippen LogP contribution in [0.25, 0.3) is 0 Å². The number of unbranched alkanes of at least 4 members (excludes halogenated alkanes) is 24. The van der Waals surface area contributed by atoms with E-state index in [1.807, 2.05) is 0 Å². The average molecular weight is 789 g/mol. The Kier molecular flexibility index (Phi) is 46.4. The second-order valence-corrected chi connectivity index (χ2v) is 17.7. The Hall–Kier alpha value is -0.680. The molecule has 0 radical (unpaired) electrons. The highest BCUT2D eigenvalue weighted by atomic mass is 16.5. The topological polar surface area (TPSA) is 24.9 Å². The molecule has 0 rings (SSSR count). The number of hydrogen-bond donors (Lipinski definition) is 0. The summed E-state index contributed by atoms with van der Waals surface area (Å²) >= 11 is 0. The van der Waals surface area contributed by atoms with Gasteiger partial charge < -0.3 is 19.3 Å². The first-order chi connectivity index (χ1) is 27.6. The molecule has 0 heterocycles. The van der Waals surface area contributed by atoms with Crippen LogP contribution in [-0.4, -0.2) is 75.5 Å². The van der Waals surface area contributed by atoms with Gasteiger partial charge in [-0.25, -0.2) is 0 Å². The highest BCUT2D eigenvalue weighted by Crippen LogP contribution is 2.14. The zero-order valence-corrected chi connectivity index (χ0v) is 39.5. The Labute approximate surface area is 354 Å². The van der Waals surface area contributed by atoms with Crippen LogP contribution in [0.3, 0.4) is 0 Å². The third-order valence-electron chi connectivity index (χ3n) is 12.0. The van der Waals surface area contributed by atoms with Gasteiger partial charge in [-0.2, -0.15) is 0 Å². The maximum Gasteiger partial charge on any atom is 0.0701 e. The molecule has 2 unspecified atom stereocenters. The van der Waals surface area contributed by atoms with Gasteiger partial charge in [0, 0.05) is 26.2 Å². The van der Waals surface area contributed by atoms with Crippen molar-refractivity contribution in [2.75, 3.05) is 65.7 Å². The van der Waals surface area contributed by atoms with Crippen LogP contribution in [0.1, 0.15) is 234 Å². The molecule has 0 aromatic heterocycles. The Bertz CT molecular complexity index is 721. The van der Waals surface area contributed by atoms with E-state index in [0.717, 1.165) is 38.1 Å². The predicted molar refractivity (Wildman–Crippen MR) is 252 cm³/mol. The molecule has 334 valence electrons. The van der Waals surface area contributed by atoms with E-state index < -0.39 is 0 Å². The molecule has 0 saturated carbocycles. The van der Waals surface area contributed by atoms with E-state index in [1.54, 1.807) is 0 Å². The highest BCUT2D eigenvalue weighted by Gasteiger charge is 2.11. The van der Waals surface area contributed by atoms with Gasteiger partial charge in [0.1, 0.15) is 0 Å². The molecule has 0 amide bonds. The lowest BCUT2D eigenvalue weighted by atomic mass is 10.1. The monoisotopic (exact) mass is 789 g/mol. The molecular weight excluding hydrogens is 685 g/mol. The van der Waals surface area contributed by atoms with Gasteiger partial charge in [-0.1, -0.05) is 194 Å². The summed E-state index contributed by atoms with van der Waals surface area (Å²) in [7, 11) is 0. The normalized spacial score (nSPS) is 13.4. The fraction of sp³-hybridized carbons (Fsp3) is 0.923. The smallest absolute Gasteiger partial charge is 0.0701 e. The molecule has 0 saturated heterocycles. The van der Waals surface area contributed by atoms with Crippen molar-refractivity contribution in [3.05, 3.63) is 24.3 Å². The van der Waals surface area contributed by atoms with Crippen molar-refractivity contribution in [2.45, 2.75) is 234 Å². The number of ether oxygens (including phenoxy) is 2. The number of hydrogen-bond acceptors (Lipinski definition) is 4. The zero-order chi connectivity index (χ0) is 40.8. The van der Waals surface area contributed by atoms with Crippen LogP contribution < -0.4 is 0 Å². The third kappa shape index (κ3) is 42.9. The fourth-order valence-corrected chi connectivity index (χ4v) is 7.60. The second-order valence-electron chi connectivity index (χ2n) is 17.7. The second kappa shape index (κ2) is 47.0. The zero-order valence-electron chi connectivity index (χ0n) is 39.5. The first kappa shape index (κ1) is 55.3. The Balaban J connectivity index is 3.95. The van der Waals surface area contributed by atoms with E-state index in [-0.39, 0.29) is 0 Å². The van der Waals surface area contributed by atoms with Gasteiger partial charge in [0.05, 0.1) is 26.4 Å². The summed E-state index contributed by atoms with van der Waals surface area (Å²) in [6, 6.07) is 0. The molecule has 0 aromatic rings. The van der Waals surface area contributed by atoms with Crippen LogP contribution >= 0.6 is 0 Å². The third-order valence-corrected chi connectivity index (χ3v) is 12.0.